The Balaban J connectivity index is 1.46. The zero-order chi connectivity index (χ0) is 20.9. The van der Waals surface area contributed by atoms with E-state index in [0.717, 1.165) is 22.6 Å². The van der Waals surface area contributed by atoms with Crippen LogP contribution < -0.4 is 4.74 Å². The smallest absolute Gasteiger partial charge is 0.289 e. The van der Waals surface area contributed by atoms with Gasteiger partial charge in [0.25, 0.3) is 5.91 Å². The fraction of sp³-hybridized carbons (Fsp3) is 0.217. The predicted octanol–water partition coefficient (Wildman–Crippen LogP) is 4.26. The molecule has 2 heterocycles. The molecule has 0 N–H and O–H groups in total. The molecule has 1 aromatic heterocycles. The maximum atomic E-state index is 13.2. The standard InChI is InChI=1S/C23H21FN2O4/c1-28-19-10-6-17(7-11-19)21-13-20(30-25-21)15-26(23(27)22-3-2-12-29-22)14-16-4-8-18(24)9-5-16/h2-12,20H,13-15H2,1H3. The Bertz CT molecular complexity index is 1010. The minimum atomic E-state index is -0.320. The molecule has 1 atom stereocenters. The van der Waals surface area contributed by atoms with Crippen molar-refractivity contribution in [3.8, 4) is 5.75 Å². The summed E-state index contributed by atoms with van der Waals surface area (Å²) in [5.41, 5.74) is 2.57. The Morgan fingerprint density at radius 1 is 1.17 bits per heavy atom. The van der Waals surface area contributed by atoms with E-state index in [9.17, 15) is 9.18 Å². The van der Waals surface area contributed by atoms with Crippen LogP contribution in [-0.4, -0.2) is 36.3 Å². The molecule has 0 bridgehead atoms. The molecule has 1 amide bonds. The van der Waals surface area contributed by atoms with E-state index in [0.29, 0.717) is 19.5 Å². The number of amides is 1. The van der Waals surface area contributed by atoms with Crippen molar-refractivity contribution in [2.24, 2.45) is 5.16 Å². The molecule has 1 aliphatic heterocycles. The van der Waals surface area contributed by atoms with Gasteiger partial charge in [0, 0.05) is 13.0 Å². The second-order valence-corrected chi connectivity index (χ2v) is 6.99. The molecule has 1 aliphatic rings. The number of methoxy groups -OCH3 is 1. The second kappa shape index (κ2) is 8.82. The van der Waals surface area contributed by atoms with E-state index in [-0.39, 0.29) is 23.6 Å². The van der Waals surface area contributed by atoms with E-state index in [4.69, 9.17) is 14.0 Å². The van der Waals surface area contributed by atoms with Crippen LogP contribution in [0.3, 0.4) is 0 Å². The summed E-state index contributed by atoms with van der Waals surface area (Å²) >= 11 is 0. The summed E-state index contributed by atoms with van der Waals surface area (Å²) in [7, 11) is 1.62. The summed E-state index contributed by atoms with van der Waals surface area (Å²) < 4.78 is 23.7. The predicted molar refractivity (Wildman–Crippen MR) is 109 cm³/mol. The molecule has 154 valence electrons. The summed E-state index contributed by atoms with van der Waals surface area (Å²) in [4.78, 5) is 20.2. The molecule has 4 rings (SSSR count). The van der Waals surface area contributed by atoms with Crippen molar-refractivity contribution in [2.75, 3.05) is 13.7 Å². The molecule has 1 unspecified atom stereocenters. The Hall–Kier alpha value is -3.61. The lowest BCUT2D eigenvalue weighted by molar-refractivity contribution is 0.0387. The zero-order valence-electron chi connectivity index (χ0n) is 16.5. The lowest BCUT2D eigenvalue weighted by atomic mass is 10.0. The van der Waals surface area contributed by atoms with Crippen molar-refractivity contribution in [3.05, 3.63) is 89.6 Å². The van der Waals surface area contributed by atoms with E-state index in [1.165, 1.54) is 18.4 Å². The lowest BCUT2D eigenvalue weighted by Gasteiger charge is -2.24. The monoisotopic (exact) mass is 408 g/mol. The fourth-order valence-corrected chi connectivity index (χ4v) is 3.31. The summed E-state index contributed by atoms with van der Waals surface area (Å²) in [5.74, 6) is 0.431. The van der Waals surface area contributed by atoms with E-state index >= 15 is 0 Å². The molecule has 0 saturated heterocycles. The van der Waals surface area contributed by atoms with Crippen molar-refractivity contribution in [1.82, 2.24) is 4.90 Å². The third kappa shape index (κ3) is 4.51. The quantitative estimate of drug-likeness (QED) is 0.586. The highest BCUT2D eigenvalue weighted by Gasteiger charge is 2.28. The third-order valence-electron chi connectivity index (χ3n) is 4.89. The first-order valence-corrected chi connectivity index (χ1v) is 9.56. The minimum Gasteiger partial charge on any atom is -0.497 e. The molecule has 0 saturated carbocycles. The van der Waals surface area contributed by atoms with E-state index in [2.05, 4.69) is 5.16 Å². The molecule has 0 fully saturated rings. The Morgan fingerprint density at radius 2 is 1.93 bits per heavy atom. The van der Waals surface area contributed by atoms with Gasteiger partial charge in [-0.1, -0.05) is 17.3 Å². The molecule has 7 heteroatoms. The molecular weight excluding hydrogens is 387 g/mol. The van der Waals surface area contributed by atoms with Crippen molar-refractivity contribution in [3.63, 3.8) is 0 Å². The van der Waals surface area contributed by atoms with Crippen LogP contribution in [0, 0.1) is 5.82 Å². The summed E-state index contributed by atoms with van der Waals surface area (Å²) in [6.07, 6.45) is 1.74. The number of hydrogen-bond donors (Lipinski definition) is 0. The van der Waals surface area contributed by atoms with Crippen molar-refractivity contribution in [2.45, 2.75) is 19.1 Å². The van der Waals surface area contributed by atoms with Gasteiger partial charge in [-0.15, -0.1) is 0 Å². The number of carbonyl (C=O) groups excluding carboxylic acids is 1. The summed E-state index contributed by atoms with van der Waals surface area (Å²) in [6.45, 7) is 0.623. The highest BCUT2D eigenvalue weighted by molar-refractivity contribution is 6.01. The molecule has 3 aromatic rings. The maximum absolute atomic E-state index is 13.2. The van der Waals surface area contributed by atoms with Gasteiger partial charge >= 0.3 is 0 Å². The van der Waals surface area contributed by atoms with Crippen LogP contribution in [0.25, 0.3) is 0 Å². The second-order valence-electron chi connectivity index (χ2n) is 6.99. The maximum Gasteiger partial charge on any atom is 0.289 e. The average molecular weight is 408 g/mol. The van der Waals surface area contributed by atoms with Crippen molar-refractivity contribution in [1.29, 1.82) is 0 Å². The number of benzene rings is 2. The number of nitrogens with zero attached hydrogens (tertiary/aromatic N) is 2. The first-order chi connectivity index (χ1) is 14.6. The molecule has 0 aliphatic carbocycles. The number of oxime groups is 1. The normalized spacial score (nSPS) is 15.4. The van der Waals surface area contributed by atoms with Crippen LogP contribution in [-0.2, 0) is 11.4 Å². The van der Waals surface area contributed by atoms with Gasteiger partial charge in [0.1, 0.15) is 11.6 Å². The van der Waals surface area contributed by atoms with Gasteiger partial charge in [0.15, 0.2) is 11.9 Å². The van der Waals surface area contributed by atoms with Crippen LogP contribution in [0.2, 0.25) is 0 Å². The van der Waals surface area contributed by atoms with Gasteiger partial charge in [0.2, 0.25) is 0 Å². The molecular formula is C23H21FN2O4. The number of carbonyl (C=O) groups is 1. The number of hydrogen-bond acceptors (Lipinski definition) is 5. The average Bonchev–Trinajstić information content (AvgIpc) is 3.47. The van der Waals surface area contributed by atoms with Gasteiger partial charge in [-0.05, 0) is 59.7 Å². The topological polar surface area (TPSA) is 64.3 Å². The van der Waals surface area contributed by atoms with Gasteiger partial charge in [-0.25, -0.2) is 4.39 Å². The van der Waals surface area contributed by atoms with E-state index < -0.39 is 0 Å². The zero-order valence-corrected chi connectivity index (χ0v) is 16.5. The Morgan fingerprint density at radius 3 is 2.60 bits per heavy atom. The van der Waals surface area contributed by atoms with E-state index in [1.54, 1.807) is 36.3 Å². The highest BCUT2D eigenvalue weighted by Crippen LogP contribution is 2.21. The molecule has 2 aromatic carbocycles. The molecule has 0 spiro atoms. The number of rotatable bonds is 7. The summed E-state index contributed by atoms with van der Waals surface area (Å²) in [5, 5.41) is 4.20. The van der Waals surface area contributed by atoms with Crippen LogP contribution in [0.1, 0.15) is 28.1 Å². The van der Waals surface area contributed by atoms with Gasteiger partial charge in [-0.3, -0.25) is 4.79 Å². The largest absolute Gasteiger partial charge is 0.497 e. The van der Waals surface area contributed by atoms with Crippen LogP contribution in [0.5, 0.6) is 5.75 Å². The van der Waals surface area contributed by atoms with Crippen molar-refractivity contribution < 1.29 is 23.2 Å². The first-order valence-electron chi connectivity index (χ1n) is 9.56. The van der Waals surface area contributed by atoms with Crippen molar-refractivity contribution >= 4 is 11.6 Å². The fourth-order valence-electron chi connectivity index (χ4n) is 3.31. The Kier molecular flexibility index (Phi) is 5.79. The van der Waals surface area contributed by atoms with Crippen LogP contribution in [0.4, 0.5) is 4.39 Å². The number of furan rings is 1. The molecule has 30 heavy (non-hydrogen) atoms. The Labute approximate surface area is 173 Å². The molecule has 0 radical (unpaired) electrons. The van der Waals surface area contributed by atoms with Crippen LogP contribution >= 0.6 is 0 Å². The summed E-state index contributed by atoms with van der Waals surface area (Å²) in [6, 6.07) is 16.9. The number of ether oxygens (including phenoxy) is 1. The molecule has 6 nitrogen and oxygen atoms in total. The number of halogens is 1. The van der Waals surface area contributed by atoms with Gasteiger partial charge in [-0.2, -0.15) is 0 Å². The lowest BCUT2D eigenvalue weighted by Crippen LogP contribution is -2.37. The minimum absolute atomic E-state index is 0.242. The van der Waals surface area contributed by atoms with Crippen LogP contribution in [0.15, 0.2) is 76.5 Å². The van der Waals surface area contributed by atoms with E-state index in [1.807, 2.05) is 24.3 Å². The first kappa shape index (κ1) is 19.7. The highest BCUT2D eigenvalue weighted by atomic mass is 19.1. The third-order valence-corrected chi connectivity index (χ3v) is 4.89. The SMILES string of the molecule is COc1ccc(C2=NOC(CN(Cc3ccc(F)cc3)C(=O)c3ccco3)C2)cc1. The van der Waals surface area contributed by atoms with Gasteiger partial charge < -0.3 is 18.9 Å². The van der Waals surface area contributed by atoms with Gasteiger partial charge in [0.05, 0.1) is 25.6 Å².